The number of rotatable bonds is 4. The molecule has 1 aromatic rings. The number of alkyl carbamates (subject to hydrolysis) is 1. The molecule has 0 aliphatic heterocycles. The molecular weight excluding hydrogens is 269 g/mol. The van der Waals surface area contributed by atoms with Crippen molar-refractivity contribution in [2.45, 2.75) is 38.8 Å². The number of hydrogen-bond donors (Lipinski definition) is 1. The van der Waals surface area contributed by atoms with Crippen molar-refractivity contribution < 1.29 is 19.1 Å². The molecule has 0 saturated carbocycles. The lowest BCUT2D eigenvalue weighted by Gasteiger charge is -2.22. The summed E-state index contributed by atoms with van der Waals surface area (Å²) in [6.07, 6.45) is -0.361. The Morgan fingerprint density at radius 2 is 1.81 bits per heavy atom. The zero-order valence-electron chi connectivity index (χ0n) is 12.8. The number of hydrogen-bond acceptors (Lipinski definition) is 4. The molecule has 1 aromatic carbocycles. The van der Waals surface area contributed by atoms with Crippen molar-refractivity contribution in [3.8, 4) is 0 Å². The summed E-state index contributed by atoms with van der Waals surface area (Å²) < 4.78 is 9.85. The molecule has 1 atom stereocenters. The number of amides is 1. The maximum absolute atomic E-state index is 11.8. The lowest BCUT2D eigenvalue weighted by molar-refractivity contribution is -0.143. The summed E-state index contributed by atoms with van der Waals surface area (Å²) in [5.74, 6) is -0.530. The second-order valence-electron chi connectivity index (χ2n) is 5.67. The average Bonchev–Trinajstić information content (AvgIpc) is 2.37. The minimum Gasteiger partial charge on any atom is -0.467 e. The summed E-state index contributed by atoms with van der Waals surface area (Å²) in [6.45, 7) is 5.25. The van der Waals surface area contributed by atoms with Crippen LogP contribution in [0.1, 0.15) is 26.3 Å². The van der Waals surface area contributed by atoms with Crippen molar-refractivity contribution in [3.05, 3.63) is 29.8 Å². The number of benzene rings is 1. The molecule has 0 fully saturated rings. The molecule has 0 heterocycles. The standard InChI is InChI=1S/C15H20BNO4/c1-15(2,3)21-14(19)17-12(13(18)20-4)9-10-5-7-11(16)8-6-10/h5-8,12H,9H2,1-4H3,(H,17,19)/t12-/m0/s1. The molecule has 1 N–H and O–H groups in total. The average molecular weight is 289 g/mol. The Labute approximate surface area is 126 Å². The van der Waals surface area contributed by atoms with Crippen molar-refractivity contribution in [3.63, 3.8) is 0 Å². The summed E-state index contributed by atoms with van der Waals surface area (Å²) in [4.78, 5) is 23.5. The van der Waals surface area contributed by atoms with E-state index in [0.29, 0.717) is 11.9 Å². The predicted molar refractivity (Wildman–Crippen MR) is 80.7 cm³/mol. The van der Waals surface area contributed by atoms with E-state index in [9.17, 15) is 9.59 Å². The number of carbonyl (C=O) groups excluding carboxylic acids is 2. The van der Waals surface area contributed by atoms with Crippen LogP contribution in [0.25, 0.3) is 0 Å². The van der Waals surface area contributed by atoms with Crippen molar-refractivity contribution in [2.24, 2.45) is 0 Å². The van der Waals surface area contributed by atoms with Crippen molar-refractivity contribution in [1.82, 2.24) is 5.32 Å². The monoisotopic (exact) mass is 289 g/mol. The Hall–Kier alpha value is -1.98. The summed E-state index contributed by atoms with van der Waals surface area (Å²) in [5, 5.41) is 2.52. The maximum atomic E-state index is 11.8. The number of methoxy groups -OCH3 is 1. The molecule has 6 heteroatoms. The van der Waals surface area contributed by atoms with Gasteiger partial charge in [-0.1, -0.05) is 29.7 Å². The van der Waals surface area contributed by atoms with Gasteiger partial charge < -0.3 is 14.8 Å². The first-order valence-corrected chi connectivity index (χ1v) is 6.63. The van der Waals surface area contributed by atoms with Gasteiger partial charge in [-0.2, -0.15) is 0 Å². The molecule has 112 valence electrons. The van der Waals surface area contributed by atoms with E-state index in [1.54, 1.807) is 45.0 Å². The molecular formula is C15H20BNO4. The van der Waals surface area contributed by atoms with Gasteiger partial charge in [-0.3, -0.25) is 0 Å². The second-order valence-corrected chi connectivity index (χ2v) is 5.67. The van der Waals surface area contributed by atoms with Crippen molar-refractivity contribution in [2.75, 3.05) is 7.11 Å². The van der Waals surface area contributed by atoms with Gasteiger partial charge in [-0.15, -0.1) is 0 Å². The van der Waals surface area contributed by atoms with Crippen molar-refractivity contribution in [1.29, 1.82) is 0 Å². The predicted octanol–water partition coefficient (Wildman–Crippen LogP) is 1.09. The Balaban J connectivity index is 2.74. The molecule has 0 aliphatic rings. The van der Waals surface area contributed by atoms with Gasteiger partial charge in [0.25, 0.3) is 0 Å². The Morgan fingerprint density at radius 1 is 1.24 bits per heavy atom. The van der Waals surface area contributed by atoms with Gasteiger partial charge in [-0.05, 0) is 26.3 Å². The molecule has 1 amide bonds. The van der Waals surface area contributed by atoms with E-state index in [-0.39, 0.29) is 0 Å². The zero-order valence-corrected chi connectivity index (χ0v) is 12.8. The molecule has 0 bridgehead atoms. The first-order chi connectivity index (χ1) is 9.71. The number of carbonyl (C=O) groups is 2. The highest BCUT2D eigenvalue weighted by molar-refractivity contribution is 6.32. The van der Waals surface area contributed by atoms with Crippen LogP contribution in [0.5, 0.6) is 0 Å². The Morgan fingerprint density at radius 3 is 2.29 bits per heavy atom. The first kappa shape index (κ1) is 17.1. The molecule has 0 aliphatic carbocycles. The fourth-order valence-corrected chi connectivity index (χ4v) is 1.67. The molecule has 21 heavy (non-hydrogen) atoms. The number of ether oxygens (including phenoxy) is 2. The van der Waals surface area contributed by atoms with E-state index in [4.69, 9.17) is 17.3 Å². The van der Waals surface area contributed by atoms with Gasteiger partial charge in [0.1, 0.15) is 19.5 Å². The Bertz CT molecular complexity index is 493. The SMILES string of the molecule is [B]c1ccc(C[C@H](NC(=O)OC(C)(C)C)C(=O)OC)cc1. The van der Waals surface area contributed by atoms with Crippen LogP contribution in [0.2, 0.25) is 0 Å². The molecule has 0 aromatic heterocycles. The minimum absolute atomic E-state index is 0.298. The van der Waals surface area contributed by atoms with E-state index >= 15 is 0 Å². The van der Waals surface area contributed by atoms with Crippen LogP contribution < -0.4 is 10.8 Å². The lowest BCUT2D eigenvalue weighted by Crippen LogP contribution is -2.45. The van der Waals surface area contributed by atoms with E-state index in [1.165, 1.54) is 7.11 Å². The van der Waals surface area contributed by atoms with Gasteiger partial charge in [0.2, 0.25) is 0 Å². The fourth-order valence-electron chi connectivity index (χ4n) is 1.67. The van der Waals surface area contributed by atoms with Crippen LogP contribution in [0.3, 0.4) is 0 Å². The maximum Gasteiger partial charge on any atom is 0.408 e. The highest BCUT2D eigenvalue weighted by Crippen LogP contribution is 2.08. The van der Waals surface area contributed by atoms with Gasteiger partial charge in [-0.25, -0.2) is 9.59 Å². The fraction of sp³-hybridized carbons (Fsp3) is 0.467. The summed E-state index contributed by atoms with van der Waals surface area (Å²) >= 11 is 0. The summed E-state index contributed by atoms with van der Waals surface area (Å²) in [6, 6.07) is 6.24. The molecule has 1 rings (SSSR count). The smallest absolute Gasteiger partial charge is 0.408 e. The zero-order chi connectivity index (χ0) is 16.0. The molecule has 2 radical (unpaired) electrons. The van der Waals surface area contributed by atoms with E-state index in [1.807, 2.05) is 0 Å². The van der Waals surface area contributed by atoms with Crippen LogP contribution in [-0.2, 0) is 20.7 Å². The quantitative estimate of drug-likeness (QED) is 0.665. The minimum atomic E-state index is -0.812. The van der Waals surface area contributed by atoms with Gasteiger partial charge in [0.05, 0.1) is 7.11 Å². The number of esters is 1. The van der Waals surface area contributed by atoms with Crippen LogP contribution in [0.15, 0.2) is 24.3 Å². The first-order valence-electron chi connectivity index (χ1n) is 6.63. The highest BCUT2D eigenvalue weighted by atomic mass is 16.6. The van der Waals surface area contributed by atoms with Crippen LogP contribution in [0, 0.1) is 0 Å². The Kier molecular flexibility index (Phi) is 5.82. The van der Waals surface area contributed by atoms with Crippen molar-refractivity contribution >= 4 is 25.4 Å². The van der Waals surface area contributed by atoms with Crippen LogP contribution in [-0.4, -0.2) is 38.7 Å². The highest BCUT2D eigenvalue weighted by Gasteiger charge is 2.25. The normalized spacial score (nSPS) is 12.4. The topological polar surface area (TPSA) is 64.6 Å². The van der Waals surface area contributed by atoms with E-state index < -0.39 is 23.7 Å². The molecule has 0 unspecified atom stereocenters. The third-order valence-electron chi connectivity index (χ3n) is 2.60. The molecule has 5 nitrogen and oxygen atoms in total. The van der Waals surface area contributed by atoms with E-state index in [2.05, 4.69) is 5.32 Å². The lowest BCUT2D eigenvalue weighted by atomic mass is 9.94. The van der Waals surface area contributed by atoms with E-state index in [0.717, 1.165) is 5.56 Å². The van der Waals surface area contributed by atoms with Crippen LogP contribution >= 0.6 is 0 Å². The van der Waals surface area contributed by atoms with Crippen LogP contribution in [0.4, 0.5) is 4.79 Å². The van der Waals surface area contributed by atoms with Gasteiger partial charge in [0.15, 0.2) is 0 Å². The van der Waals surface area contributed by atoms with Gasteiger partial charge >= 0.3 is 12.1 Å². The third-order valence-corrected chi connectivity index (χ3v) is 2.60. The summed E-state index contributed by atoms with van der Waals surface area (Å²) in [7, 11) is 6.89. The number of nitrogens with one attached hydrogen (secondary N) is 1. The molecule has 0 saturated heterocycles. The second kappa shape index (κ2) is 7.15. The summed E-state index contributed by atoms with van der Waals surface area (Å²) in [5.41, 5.74) is 0.857. The molecule has 0 spiro atoms. The third kappa shape index (κ3) is 6.34. The van der Waals surface area contributed by atoms with Gasteiger partial charge in [0, 0.05) is 6.42 Å². The largest absolute Gasteiger partial charge is 0.467 e.